The Morgan fingerprint density at radius 2 is 2.12 bits per heavy atom. The summed E-state index contributed by atoms with van der Waals surface area (Å²) in [5.41, 5.74) is 4.74. The molecule has 33 heavy (non-hydrogen) atoms. The molecule has 2 amide bonds. The van der Waals surface area contributed by atoms with Gasteiger partial charge < -0.3 is 15.0 Å². The fourth-order valence-electron chi connectivity index (χ4n) is 4.92. The van der Waals surface area contributed by atoms with E-state index in [1.54, 1.807) is 0 Å². The third-order valence-corrected chi connectivity index (χ3v) is 6.66. The summed E-state index contributed by atoms with van der Waals surface area (Å²) in [6, 6.07) is 12.1. The maximum absolute atomic E-state index is 13.2. The van der Waals surface area contributed by atoms with Crippen molar-refractivity contribution in [3.63, 3.8) is 0 Å². The van der Waals surface area contributed by atoms with Gasteiger partial charge in [0.1, 0.15) is 5.75 Å². The Bertz CT molecular complexity index is 1190. The van der Waals surface area contributed by atoms with Crippen LogP contribution in [0, 0.1) is 12.8 Å². The number of carbonyl (C=O) groups is 2. The highest BCUT2D eigenvalue weighted by atomic mass is 16.5. The molecule has 0 bridgehead atoms. The SMILES string of the molecule is Cc1ccc2[nH]nc(C(=O)N3CCC[C@H](CC(=O)NCc4ccc5c(c4)CCCO5)C3)c2c1. The average molecular weight is 447 g/mol. The summed E-state index contributed by atoms with van der Waals surface area (Å²) in [5.74, 6) is 1.09. The Labute approximate surface area is 193 Å². The van der Waals surface area contributed by atoms with E-state index in [2.05, 4.69) is 21.6 Å². The van der Waals surface area contributed by atoms with Crippen LogP contribution in [0.1, 0.15) is 52.9 Å². The Hall–Kier alpha value is -3.35. The van der Waals surface area contributed by atoms with E-state index in [0.717, 1.165) is 60.1 Å². The zero-order chi connectivity index (χ0) is 22.8. The van der Waals surface area contributed by atoms with Crippen LogP contribution in [0.3, 0.4) is 0 Å². The second kappa shape index (κ2) is 9.25. The van der Waals surface area contributed by atoms with Crippen molar-refractivity contribution in [2.45, 2.75) is 45.6 Å². The van der Waals surface area contributed by atoms with Crippen LogP contribution in [-0.2, 0) is 17.8 Å². The van der Waals surface area contributed by atoms with Crippen LogP contribution in [0.25, 0.3) is 10.9 Å². The normalized spacial score (nSPS) is 18.0. The van der Waals surface area contributed by atoms with Crippen LogP contribution < -0.4 is 10.1 Å². The number of piperidine rings is 1. The summed E-state index contributed by atoms with van der Waals surface area (Å²) in [6.07, 6.45) is 4.34. The standard InChI is InChI=1S/C26H30N4O3/c1-17-6-8-22-21(12-17)25(29-28-22)26(32)30-10-2-4-19(16-30)14-24(31)27-15-18-7-9-23-20(13-18)5-3-11-33-23/h6-9,12-13,19H,2-5,10-11,14-16H2,1H3,(H,27,31)(H,28,29)/t19-/m1/s1. The van der Waals surface area contributed by atoms with Crippen LogP contribution in [0.4, 0.5) is 0 Å². The maximum atomic E-state index is 13.2. The molecule has 2 aliphatic rings. The van der Waals surface area contributed by atoms with E-state index in [1.165, 1.54) is 5.56 Å². The molecule has 2 aliphatic heterocycles. The summed E-state index contributed by atoms with van der Waals surface area (Å²) < 4.78 is 5.66. The van der Waals surface area contributed by atoms with Gasteiger partial charge in [0.05, 0.1) is 12.1 Å². The minimum absolute atomic E-state index is 0.0316. The van der Waals surface area contributed by atoms with Crippen molar-refractivity contribution in [2.24, 2.45) is 5.92 Å². The molecule has 0 spiro atoms. The molecule has 1 aromatic heterocycles. The van der Waals surface area contributed by atoms with E-state index < -0.39 is 0 Å². The number of aromatic nitrogens is 2. The monoisotopic (exact) mass is 446 g/mol. The minimum Gasteiger partial charge on any atom is -0.493 e. The van der Waals surface area contributed by atoms with Gasteiger partial charge >= 0.3 is 0 Å². The molecule has 0 aliphatic carbocycles. The summed E-state index contributed by atoms with van der Waals surface area (Å²) >= 11 is 0. The van der Waals surface area contributed by atoms with Gasteiger partial charge in [-0.15, -0.1) is 0 Å². The molecule has 0 unspecified atom stereocenters. The predicted molar refractivity (Wildman–Crippen MR) is 126 cm³/mol. The number of aromatic amines is 1. The molecule has 7 heteroatoms. The van der Waals surface area contributed by atoms with Crippen LogP contribution in [-0.4, -0.2) is 46.6 Å². The number of ether oxygens (including phenoxy) is 1. The van der Waals surface area contributed by atoms with E-state index in [1.807, 2.05) is 42.2 Å². The first-order valence-corrected chi connectivity index (χ1v) is 11.8. The fraction of sp³-hybridized carbons (Fsp3) is 0.423. The van der Waals surface area contributed by atoms with Gasteiger partial charge in [-0.3, -0.25) is 14.7 Å². The topological polar surface area (TPSA) is 87.3 Å². The number of nitrogens with one attached hydrogen (secondary N) is 2. The number of fused-ring (bicyclic) bond motifs is 2. The third-order valence-electron chi connectivity index (χ3n) is 6.66. The molecule has 1 saturated heterocycles. The zero-order valence-corrected chi connectivity index (χ0v) is 19.0. The zero-order valence-electron chi connectivity index (χ0n) is 19.0. The average Bonchev–Trinajstić information content (AvgIpc) is 3.25. The summed E-state index contributed by atoms with van der Waals surface area (Å²) in [4.78, 5) is 27.7. The molecule has 5 rings (SSSR count). The molecule has 2 N–H and O–H groups in total. The quantitative estimate of drug-likeness (QED) is 0.625. The van der Waals surface area contributed by atoms with Crippen LogP contribution in [0.5, 0.6) is 5.75 Å². The van der Waals surface area contributed by atoms with Gasteiger partial charge in [0, 0.05) is 31.4 Å². The van der Waals surface area contributed by atoms with E-state index >= 15 is 0 Å². The maximum Gasteiger partial charge on any atom is 0.275 e. The van der Waals surface area contributed by atoms with Crippen molar-refractivity contribution in [3.8, 4) is 5.75 Å². The number of benzene rings is 2. The smallest absolute Gasteiger partial charge is 0.275 e. The third kappa shape index (κ3) is 4.72. The summed E-state index contributed by atoms with van der Waals surface area (Å²) in [5, 5.41) is 11.2. The minimum atomic E-state index is -0.0618. The van der Waals surface area contributed by atoms with Gasteiger partial charge in [-0.05, 0) is 67.9 Å². The molecular formula is C26H30N4O3. The largest absolute Gasteiger partial charge is 0.493 e. The highest BCUT2D eigenvalue weighted by molar-refractivity contribution is 6.04. The molecule has 7 nitrogen and oxygen atoms in total. The van der Waals surface area contributed by atoms with Crippen molar-refractivity contribution < 1.29 is 14.3 Å². The molecule has 1 atom stereocenters. The number of hydrogen-bond acceptors (Lipinski definition) is 4. The second-order valence-corrected chi connectivity index (χ2v) is 9.26. The van der Waals surface area contributed by atoms with Gasteiger partial charge in [0.15, 0.2) is 5.69 Å². The molecule has 1 fully saturated rings. The van der Waals surface area contributed by atoms with E-state index in [9.17, 15) is 9.59 Å². The second-order valence-electron chi connectivity index (χ2n) is 9.26. The number of nitrogens with zero attached hydrogens (tertiary/aromatic N) is 2. The fourth-order valence-corrected chi connectivity index (χ4v) is 4.92. The van der Waals surface area contributed by atoms with Gasteiger partial charge in [-0.2, -0.15) is 5.10 Å². The first-order valence-electron chi connectivity index (χ1n) is 11.8. The van der Waals surface area contributed by atoms with Crippen molar-refractivity contribution in [1.82, 2.24) is 20.4 Å². The molecule has 3 heterocycles. The van der Waals surface area contributed by atoms with Crippen molar-refractivity contribution >= 4 is 22.7 Å². The number of carbonyl (C=O) groups excluding carboxylic acids is 2. The molecular weight excluding hydrogens is 416 g/mol. The van der Waals surface area contributed by atoms with Gasteiger partial charge in [-0.1, -0.05) is 23.8 Å². The molecule has 3 aromatic rings. The number of aryl methyl sites for hydroxylation is 2. The summed E-state index contributed by atoms with van der Waals surface area (Å²) in [7, 11) is 0. The predicted octanol–water partition coefficient (Wildman–Crippen LogP) is 3.76. The summed E-state index contributed by atoms with van der Waals surface area (Å²) in [6.45, 7) is 4.59. The number of amides is 2. The highest BCUT2D eigenvalue weighted by Crippen LogP contribution is 2.26. The lowest BCUT2D eigenvalue weighted by molar-refractivity contribution is -0.122. The highest BCUT2D eigenvalue weighted by Gasteiger charge is 2.28. The number of hydrogen-bond donors (Lipinski definition) is 2. The van der Waals surface area contributed by atoms with Crippen molar-refractivity contribution in [2.75, 3.05) is 19.7 Å². The Morgan fingerprint density at radius 1 is 1.21 bits per heavy atom. The van der Waals surface area contributed by atoms with E-state index in [4.69, 9.17) is 4.74 Å². The Morgan fingerprint density at radius 3 is 3.03 bits per heavy atom. The van der Waals surface area contributed by atoms with Crippen molar-refractivity contribution in [1.29, 1.82) is 0 Å². The number of likely N-dealkylation sites (tertiary alicyclic amines) is 1. The van der Waals surface area contributed by atoms with Crippen molar-refractivity contribution in [3.05, 3.63) is 58.8 Å². The van der Waals surface area contributed by atoms with Crippen LogP contribution in [0.2, 0.25) is 0 Å². The number of rotatable bonds is 5. The Balaban J connectivity index is 1.17. The number of H-pyrrole nitrogens is 1. The van der Waals surface area contributed by atoms with Gasteiger partial charge in [0.25, 0.3) is 5.91 Å². The lowest BCUT2D eigenvalue weighted by atomic mass is 9.94. The Kier molecular flexibility index (Phi) is 6.03. The first-order chi connectivity index (χ1) is 16.1. The van der Waals surface area contributed by atoms with E-state index in [0.29, 0.717) is 31.7 Å². The van der Waals surface area contributed by atoms with Gasteiger partial charge in [-0.25, -0.2) is 0 Å². The first kappa shape index (κ1) is 21.5. The molecule has 2 aromatic carbocycles. The van der Waals surface area contributed by atoms with Crippen LogP contribution >= 0.6 is 0 Å². The lowest BCUT2D eigenvalue weighted by Crippen LogP contribution is -2.41. The molecule has 0 saturated carbocycles. The van der Waals surface area contributed by atoms with E-state index in [-0.39, 0.29) is 17.7 Å². The lowest BCUT2D eigenvalue weighted by Gasteiger charge is -2.32. The van der Waals surface area contributed by atoms with Crippen LogP contribution in [0.15, 0.2) is 36.4 Å². The molecule has 0 radical (unpaired) electrons. The van der Waals surface area contributed by atoms with Gasteiger partial charge in [0.2, 0.25) is 5.91 Å². The molecule has 172 valence electrons.